The lowest BCUT2D eigenvalue weighted by Gasteiger charge is -2.43. The Morgan fingerprint density at radius 3 is 1.80 bits per heavy atom. The summed E-state index contributed by atoms with van der Waals surface area (Å²) in [6.45, 7) is 10.2. The van der Waals surface area contributed by atoms with E-state index in [2.05, 4.69) is 56.6 Å². The number of likely N-dealkylation sites (N-methyl/N-ethyl adjacent to an activating group) is 1. The van der Waals surface area contributed by atoms with E-state index in [1.54, 1.807) is 0 Å². The molecule has 0 saturated carbocycles. The van der Waals surface area contributed by atoms with Gasteiger partial charge in [0.05, 0.1) is 20.1 Å². The van der Waals surface area contributed by atoms with Gasteiger partial charge in [-0.3, -0.25) is 0 Å². The minimum absolute atomic E-state index is 0. The van der Waals surface area contributed by atoms with Crippen LogP contribution in [0.4, 0.5) is 0 Å². The third-order valence-corrected chi connectivity index (χ3v) is 4.91. The van der Waals surface area contributed by atoms with Gasteiger partial charge in [-0.15, -0.1) is 0 Å². The van der Waals surface area contributed by atoms with Crippen molar-refractivity contribution in [2.24, 2.45) is 0 Å². The van der Waals surface area contributed by atoms with Gasteiger partial charge in [-0.25, -0.2) is 0 Å². The first kappa shape index (κ1) is 21.2. The van der Waals surface area contributed by atoms with Crippen LogP contribution in [0.15, 0.2) is 79.9 Å². The van der Waals surface area contributed by atoms with E-state index in [0.29, 0.717) is 6.04 Å². The lowest BCUT2D eigenvalue weighted by Crippen LogP contribution is -3.00. The molecule has 0 radical (unpaired) electrons. The molecule has 1 nitrogen and oxygen atoms in total. The fraction of sp³-hybridized carbons (Fsp3) is 0.304. The molecule has 1 heterocycles. The summed E-state index contributed by atoms with van der Waals surface area (Å²) in [4.78, 5) is 0. The second-order valence-electron chi connectivity index (χ2n) is 6.69. The van der Waals surface area contributed by atoms with E-state index in [9.17, 15) is 0 Å². The van der Waals surface area contributed by atoms with Crippen molar-refractivity contribution in [3.05, 3.63) is 91.0 Å². The number of piperidine rings is 1. The third kappa shape index (κ3) is 6.19. The minimum Gasteiger partial charge on any atom is -1.00 e. The van der Waals surface area contributed by atoms with E-state index in [4.69, 9.17) is 0 Å². The molecule has 0 aromatic heterocycles. The summed E-state index contributed by atoms with van der Waals surface area (Å²) in [5, 5.41) is 0. The lowest BCUT2D eigenvalue weighted by molar-refractivity contribution is -0.937. The summed E-state index contributed by atoms with van der Waals surface area (Å²) in [5.41, 5.74) is 2.58. The van der Waals surface area contributed by atoms with Gasteiger partial charge in [0.1, 0.15) is 6.04 Å². The smallest absolute Gasteiger partial charge is 0.133 e. The Hall–Kier alpha value is -1.83. The Morgan fingerprint density at radius 2 is 1.36 bits per heavy atom. The van der Waals surface area contributed by atoms with Gasteiger partial charge in [0.2, 0.25) is 0 Å². The van der Waals surface area contributed by atoms with Crippen molar-refractivity contribution in [3.8, 4) is 0 Å². The lowest BCUT2D eigenvalue weighted by atomic mass is 9.99. The van der Waals surface area contributed by atoms with Crippen molar-refractivity contribution in [2.45, 2.75) is 25.3 Å². The van der Waals surface area contributed by atoms with Crippen LogP contribution in [0.1, 0.15) is 36.4 Å². The van der Waals surface area contributed by atoms with Crippen LogP contribution in [0.5, 0.6) is 0 Å². The summed E-state index contributed by atoms with van der Waals surface area (Å²) in [6, 6.07) is 21.3. The molecule has 25 heavy (non-hydrogen) atoms. The molecule has 0 amide bonds. The van der Waals surface area contributed by atoms with Gasteiger partial charge in [0, 0.05) is 5.56 Å². The predicted octanol–water partition coefficient (Wildman–Crippen LogP) is 2.88. The van der Waals surface area contributed by atoms with Gasteiger partial charge >= 0.3 is 0 Å². The van der Waals surface area contributed by atoms with E-state index >= 15 is 0 Å². The van der Waals surface area contributed by atoms with Crippen molar-refractivity contribution in [3.63, 3.8) is 0 Å². The topological polar surface area (TPSA) is 0 Å². The first-order valence-electron chi connectivity index (χ1n) is 8.89. The molecule has 0 spiro atoms. The molecule has 1 saturated heterocycles. The molecule has 0 aliphatic carbocycles. The summed E-state index contributed by atoms with van der Waals surface area (Å²) in [6.07, 6.45) is 8.06. The summed E-state index contributed by atoms with van der Waals surface area (Å²) >= 11 is 0. The number of hydrogen-bond acceptors (Lipinski definition) is 0. The highest BCUT2D eigenvalue weighted by Gasteiger charge is 2.32. The van der Waals surface area contributed by atoms with Gasteiger partial charge in [-0.05, 0) is 30.9 Å². The Kier molecular flexibility index (Phi) is 9.26. The number of rotatable bonds is 4. The fourth-order valence-corrected chi connectivity index (χ4v) is 3.50. The maximum absolute atomic E-state index is 4.04. The fourth-order valence-electron chi connectivity index (χ4n) is 3.50. The number of benzene rings is 2. The highest BCUT2D eigenvalue weighted by molar-refractivity contribution is 5.45. The molecule has 2 aromatic carbocycles. The standard InChI is InChI=1S/C15H22N.C8H8.ClH/c1-3-15(14-10-6-4-7-11-14)16(2)12-8-5-9-13-16;1-2-8-6-4-3-5-7-8;/h3-4,6-7,10-11,15H,1,5,8-9,12-13H2,2H3;2-7H,1H2;1H/q+1;;/p-1. The van der Waals surface area contributed by atoms with Crippen molar-refractivity contribution < 1.29 is 16.9 Å². The van der Waals surface area contributed by atoms with E-state index in [0.717, 1.165) is 4.48 Å². The largest absolute Gasteiger partial charge is 1.00 e. The van der Waals surface area contributed by atoms with Crippen molar-refractivity contribution >= 4 is 6.08 Å². The molecule has 0 bridgehead atoms. The second-order valence-corrected chi connectivity index (χ2v) is 6.69. The van der Waals surface area contributed by atoms with Crippen LogP contribution in [0.25, 0.3) is 6.08 Å². The number of nitrogens with zero attached hydrogens (tertiary/aromatic N) is 1. The Labute approximate surface area is 159 Å². The molecular weight excluding hydrogens is 326 g/mol. The summed E-state index contributed by atoms with van der Waals surface area (Å²) in [7, 11) is 2.37. The Balaban J connectivity index is 0.000000295. The van der Waals surface area contributed by atoms with Crippen LogP contribution in [0.3, 0.4) is 0 Å². The van der Waals surface area contributed by atoms with Crippen molar-refractivity contribution in [1.82, 2.24) is 0 Å². The number of likely N-dealkylation sites (tertiary alicyclic amines) is 1. The molecule has 1 fully saturated rings. The highest BCUT2D eigenvalue weighted by Crippen LogP contribution is 2.31. The number of quaternary nitrogens is 1. The third-order valence-electron chi connectivity index (χ3n) is 4.91. The van der Waals surface area contributed by atoms with Crippen LogP contribution in [-0.4, -0.2) is 24.6 Å². The molecule has 134 valence electrons. The molecular formula is C23H30ClN. The van der Waals surface area contributed by atoms with Crippen molar-refractivity contribution in [2.75, 3.05) is 20.1 Å². The second kappa shape index (κ2) is 10.9. The average Bonchev–Trinajstić information content (AvgIpc) is 2.65. The zero-order valence-corrected chi connectivity index (χ0v) is 16.0. The van der Waals surface area contributed by atoms with E-state index in [-0.39, 0.29) is 12.4 Å². The van der Waals surface area contributed by atoms with Gasteiger partial charge in [0.25, 0.3) is 0 Å². The van der Waals surface area contributed by atoms with Gasteiger partial charge < -0.3 is 16.9 Å². The van der Waals surface area contributed by atoms with Crippen LogP contribution >= 0.6 is 0 Å². The maximum atomic E-state index is 4.04. The quantitative estimate of drug-likeness (QED) is 0.584. The Morgan fingerprint density at radius 1 is 0.840 bits per heavy atom. The van der Waals surface area contributed by atoms with Crippen LogP contribution in [-0.2, 0) is 0 Å². The van der Waals surface area contributed by atoms with Crippen LogP contribution < -0.4 is 12.4 Å². The van der Waals surface area contributed by atoms with Crippen LogP contribution in [0, 0.1) is 0 Å². The normalized spacial score (nSPS) is 16.4. The van der Waals surface area contributed by atoms with Gasteiger partial charge in [-0.1, -0.05) is 79.9 Å². The predicted molar refractivity (Wildman–Crippen MR) is 106 cm³/mol. The maximum Gasteiger partial charge on any atom is 0.133 e. The first-order valence-corrected chi connectivity index (χ1v) is 8.89. The zero-order chi connectivity index (χ0) is 17.3. The first-order chi connectivity index (χ1) is 11.7. The SMILES string of the molecule is C=CC(c1ccccc1)[N+]1(C)CCCCC1.C=Cc1ccccc1.[Cl-]. The molecule has 3 rings (SSSR count). The minimum atomic E-state index is 0. The van der Waals surface area contributed by atoms with Crippen LogP contribution in [0.2, 0.25) is 0 Å². The number of halogens is 1. The molecule has 1 unspecified atom stereocenters. The molecule has 2 aromatic rings. The van der Waals surface area contributed by atoms with Gasteiger partial charge in [-0.2, -0.15) is 0 Å². The van der Waals surface area contributed by atoms with Crippen molar-refractivity contribution in [1.29, 1.82) is 0 Å². The van der Waals surface area contributed by atoms with E-state index in [1.807, 2.05) is 36.4 Å². The average molecular weight is 356 g/mol. The monoisotopic (exact) mass is 355 g/mol. The molecule has 0 N–H and O–H groups in total. The van der Waals surface area contributed by atoms with E-state index < -0.39 is 0 Å². The Bertz CT molecular complexity index is 615. The van der Waals surface area contributed by atoms with Gasteiger partial charge in [0.15, 0.2) is 0 Å². The molecule has 1 aliphatic rings. The number of hydrogen-bond donors (Lipinski definition) is 0. The summed E-state index contributed by atoms with van der Waals surface area (Å²) < 4.78 is 1.13. The highest BCUT2D eigenvalue weighted by atomic mass is 35.5. The van der Waals surface area contributed by atoms with E-state index in [1.165, 1.54) is 43.5 Å². The molecule has 2 heteroatoms. The summed E-state index contributed by atoms with van der Waals surface area (Å²) in [5.74, 6) is 0. The molecule has 1 atom stereocenters. The molecule has 1 aliphatic heterocycles. The zero-order valence-electron chi connectivity index (χ0n) is 15.3.